The minimum Gasteiger partial charge on any atom is -0.481 e. The van der Waals surface area contributed by atoms with Crippen molar-refractivity contribution in [3.8, 4) is 17.4 Å². The Bertz CT molecular complexity index is 822. The normalized spacial score (nSPS) is 10.9. The van der Waals surface area contributed by atoms with Gasteiger partial charge < -0.3 is 9.47 Å². The molecular weight excluding hydrogens is 344 g/mol. The van der Waals surface area contributed by atoms with Crippen LogP contribution in [-0.2, 0) is 10.0 Å². The van der Waals surface area contributed by atoms with Crippen LogP contribution < -0.4 is 14.2 Å². The number of rotatable bonds is 5. The Morgan fingerprint density at radius 2 is 2.00 bits per heavy atom. The molecule has 0 aliphatic rings. The Morgan fingerprint density at radius 1 is 1.26 bits per heavy atom. The van der Waals surface area contributed by atoms with E-state index in [1.807, 2.05) is 4.72 Å². The Morgan fingerprint density at radius 3 is 2.52 bits per heavy atom. The zero-order valence-corrected chi connectivity index (χ0v) is 13.8. The van der Waals surface area contributed by atoms with Gasteiger partial charge >= 0.3 is 0 Å². The van der Waals surface area contributed by atoms with Crippen molar-refractivity contribution in [1.82, 2.24) is 9.71 Å². The number of aromatic nitrogens is 1. The van der Waals surface area contributed by atoms with E-state index in [0.717, 1.165) is 6.26 Å². The molecule has 0 aliphatic carbocycles. The van der Waals surface area contributed by atoms with Gasteiger partial charge in [-0.05, 0) is 24.3 Å². The van der Waals surface area contributed by atoms with Crippen molar-refractivity contribution in [3.05, 3.63) is 47.1 Å². The standard InChI is InChI=1S/C14H13ClN2O5S/c1-21-13-6-4-10(8-16-13)22-12-5-3-9(7-11(12)15)14(18)17-23(2,19)20/h3-8H,1-2H3,(H,17,18). The summed E-state index contributed by atoms with van der Waals surface area (Å²) in [5, 5.41) is 0.155. The maximum Gasteiger partial charge on any atom is 0.264 e. The van der Waals surface area contributed by atoms with Gasteiger partial charge in [-0.25, -0.2) is 18.1 Å². The van der Waals surface area contributed by atoms with E-state index in [9.17, 15) is 13.2 Å². The highest BCUT2D eigenvalue weighted by Gasteiger charge is 2.13. The van der Waals surface area contributed by atoms with E-state index in [0.29, 0.717) is 17.4 Å². The highest BCUT2D eigenvalue weighted by atomic mass is 35.5. The summed E-state index contributed by atoms with van der Waals surface area (Å²) in [5.41, 5.74) is 0.0978. The van der Waals surface area contributed by atoms with Crippen LogP contribution in [0.5, 0.6) is 17.4 Å². The molecule has 0 saturated carbocycles. The predicted octanol–water partition coefficient (Wildman–Crippen LogP) is 2.23. The molecule has 1 heterocycles. The number of pyridine rings is 1. The number of carbonyl (C=O) groups excluding carboxylic acids is 1. The average molecular weight is 357 g/mol. The lowest BCUT2D eigenvalue weighted by atomic mass is 10.2. The third-order valence-corrected chi connectivity index (χ3v) is 3.47. The van der Waals surface area contributed by atoms with Gasteiger partial charge in [-0.2, -0.15) is 0 Å². The van der Waals surface area contributed by atoms with Crippen LogP contribution in [0.25, 0.3) is 0 Å². The molecule has 0 atom stereocenters. The summed E-state index contributed by atoms with van der Waals surface area (Å²) >= 11 is 6.05. The number of halogens is 1. The minimum atomic E-state index is -3.64. The van der Waals surface area contributed by atoms with Gasteiger partial charge in [0.2, 0.25) is 15.9 Å². The van der Waals surface area contributed by atoms with Gasteiger partial charge in [-0.15, -0.1) is 0 Å². The maximum atomic E-state index is 11.7. The van der Waals surface area contributed by atoms with Gasteiger partial charge in [-0.3, -0.25) is 4.79 Å². The third-order valence-electron chi connectivity index (χ3n) is 2.62. The monoisotopic (exact) mass is 356 g/mol. The van der Waals surface area contributed by atoms with E-state index in [2.05, 4.69) is 4.98 Å². The number of amides is 1. The van der Waals surface area contributed by atoms with Crippen LogP contribution >= 0.6 is 11.6 Å². The van der Waals surface area contributed by atoms with E-state index in [-0.39, 0.29) is 10.6 Å². The van der Waals surface area contributed by atoms with Crippen LogP contribution in [0.3, 0.4) is 0 Å². The van der Waals surface area contributed by atoms with Crippen LogP contribution in [0.2, 0.25) is 5.02 Å². The lowest BCUT2D eigenvalue weighted by molar-refractivity contribution is 0.0981. The summed E-state index contributed by atoms with van der Waals surface area (Å²) in [6, 6.07) is 7.44. The van der Waals surface area contributed by atoms with Gasteiger partial charge in [0, 0.05) is 11.6 Å². The molecule has 0 aliphatic heterocycles. The number of ether oxygens (including phenoxy) is 2. The first-order valence-electron chi connectivity index (χ1n) is 6.28. The molecule has 1 aromatic heterocycles. The van der Waals surface area contributed by atoms with Crippen molar-refractivity contribution in [1.29, 1.82) is 0 Å². The molecule has 0 saturated heterocycles. The fourth-order valence-electron chi connectivity index (χ4n) is 1.63. The Labute approximate surface area is 138 Å². The largest absolute Gasteiger partial charge is 0.481 e. The van der Waals surface area contributed by atoms with Crippen molar-refractivity contribution in [2.45, 2.75) is 0 Å². The first kappa shape index (κ1) is 17.0. The molecule has 2 aromatic rings. The lowest BCUT2D eigenvalue weighted by Crippen LogP contribution is -2.29. The first-order chi connectivity index (χ1) is 10.8. The number of nitrogens with one attached hydrogen (secondary N) is 1. The van der Waals surface area contributed by atoms with E-state index in [4.69, 9.17) is 21.1 Å². The van der Waals surface area contributed by atoms with Crippen molar-refractivity contribution < 1.29 is 22.7 Å². The van der Waals surface area contributed by atoms with Gasteiger partial charge in [0.05, 0.1) is 24.6 Å². The smallest absolute Gasteiger partial charge is 0.264 e. The molecule has 9 heteroatoms. The maximum absolute atomic E-state index is 11.7. The van der Waals surface area contributed by atoms with Gasteiger partial charge in [0.15, 0.2) is 0 Å². The molecule has 23 heavy (non-hydrogen) atoms. The summed E-state index contributed by atoms with van der Waals surface area (Å²) in [7, 11) is -2.14. The zero-order valence-electron chi connectivity index (χ0n) is 12.2. The Balaban J connectivity index is 2.17. The van der Waals surface area contributed by atoms with E-state index in [1.165, 1.54) is 31.5 Å². The molecule has 0 spiro atoms. The number of benzene rings is 1. The number of sulfonamides is 1. The molecule has 0 fully saturated rings. The Hall–Kier alpha value is -2.32. The molecule has 122 valence electrons. The van der Waals surface area contributed by atoms with Gasteiger partial charge in [0.25, 0.3) is 5.91 Å². The van der Waals surface area contributed by atoms with E-state index in [1.54, 1.807) is 12.1 Å². The number of carbonyl (C=O) groups is 1. The molecule has 0 unspecified atom stereocenters. The molecule has 0 radical (unpaired) electrons. The molecule has 1 N–H and O–H groups in total. The molecule has 2 rings (SSSR count). The first-order valence-corrected chi connectivity index (χ1v) is 8.55. The highest BCUT2D eigenvalue weighted by Crippen LogP contribution is 2.30. The SMILES string of the molecule is COc1ccc(Oc2ccc(C(=O)NS(C)(=O)=O)cc2Cl)cn1. The summed E-state index contributed by atoms with van der Waals surface area (Å²) < 4.78 is 34.4. The number of methoxy groups -OCH3 is 1. The second-order valence-corrected chi connectivity index (χ2v) is 6.64. The number of nitrogens with zero attached hydrogens (tertiary/aromatic N) is 1. The van der Waals surface area contributed by atoms with Crippen LogP contribution in [0, 0.1) is 0 Å². The van der Waals surface area contributed by atoms with Crippen molar-refractivity contribution in [3.63, 3.8) is 0 Å². The second-order valence-electron chi connectivity index (χ2n) is 4.49. The number of hydrogen-bond acceptors (Lipinski definition) is 6. The second kappa shape index (κ2) is 6.84. The van der Waals surface area contributed by atoms with Gasteiger partial charge in [-0.1, -0.05) is 11.6 Å². The predicted molar refractivity (Wildman–Crippen MR) is 84.6 cm³/mol. The highest BCUT2D eigenvalue weighted by molar-refractivity contribution is 7.89. The molecule has 1 amide bonds. The van der Waals surface area contributed by atoms with Crippen LogP contribution in [0.1, 0.15) is 10.4 Å². The molecule has 0 bridgehead atoms. The summed E-state index contributed by atoms with van der Waals surface area (Å²) in [4.78, 5) is 15.7. The third kappa shape index (κ3) is 4.83. The van der Waals surface area contributed by atoms with Crippen molar-refractivity contribution in [2.24, 2.45) is 0 Å². The minimum absolute atomic E-state index is 0.0978. The summed E-state index contributed by atoms with van der Waals surface area (Å²) in [6.07, 6.45) is 2.35. The van der Waals surface area contributed by atoms with Crippen molar-refractivity contribution >= 4 is 27.5 Å². The summed E-state index contributed by atoms with van der Waals surface area (Å²) in [6.45, 7) is 0. The quantitative estimate of drug-likeness (QED) is 0.882. The fourth-order valence-corrected chi connectivity index (χ4v) is 2.30. The number of hydrogen-bond donors (Lipinski definition) is 1. The zero-order chi connectivity index (χ0) is 17.0. The van der Waals surface area contributed by atoms with Gasteiger partial charge in [0.1, 0.15) is 11.5 Å². The van der Waals surface area contributed by atoms with Crippen LogP contribution in [0.4, 0.5) is 0 Å². The Kier molecular flexibility index (Phi) is 5.07. The van der Waals surface area contributed by atoms with Crippen LogP contribution in [0.15, 0.2) is 36.5 Å². The lowest BCUT2D eigenvalue weighted by Gasteiger charge is -2.09. The summed E-state index contributed by atoms with van der Waals surface area (Å²) in [5.74, 6) is 0.402. The fraction of sp³-hybridized carbons (Fsp3) is 0.143. The van der Waals surface area contributed by atoms with Crippen LogP contribution in [-0.4, -0.2) is 32.7 Å². The topological polar surface area (TPSA) is 94.6 Å². The van der Waals surface area contributed by atoms with E-state index < -0.39 is 15.9 Å². The average Bonchev–Trinajstić information content (AvgIpc) is 2.48. The molecule has 7 nitrogen and oxygen atoms in total. The van der Waals surface area contributed by atoms with Crippen molar-refractivity contribution in [2.75, 3.05) is 13.4 Å². The molecular formula is C14H13ClN2O5S. The molecule has 1 aromatic carbocycles. The van der Waals surface area contributed by atoms with E-state index >= 15 is 0 Å².